The second-order valence-electron chi connectivity index (χ2n) is 3.76. The van der Waals surface area contributed by atoms with E-state index in [1.54, 1.807) is 0 Å². The Hall–Kier alpha value is -0.670. The molecule has 2 nitrogen and oxygen atoms in total. The summed E-state index contributed by atoms with van der Waals surface area (Å²) < 4.78 is 0. The summed E-state index contributed by atoms with van der Waals surface area (Å²) >= 11 is 0. The van der Waals surface area contributed by atoms with E-state index in [1.807, 2.05) is 0 Å². The van der Waals surface area contributed by atoms with Crippen LogP contribution in [0.15, 0.2) is 0 Å². The molecule has 0 saturated carbocycles. The Labute approximate surface area is 100 Å². The summed E-state index contributed by atoms with van der Waals surface area (Å²) in [6.45, 7) is 6.86. The first-order valence-electron chi connectivity index (χ1n) is 4.99. The highest BCUT2D eigenvalue weighted by Crippen LogP contribution is 1.98. The van der Waals surface area contributed by atoms with Crippen LogP contribution < -0.4 is 10.6 Å². The van der Waals surface area contributed by atoms with Gasteiger partial charge < -0.3 is 10.6 Å². The van der Waals surface area contributed by atoms with E-state index in [-0.39, 0.29) is 18.4 Å². The molecule has 0 spiro atoms. The Morgan fingerprint density at radius 3 is 2.20 bits per heavy atom. The molecular weight excluding hydrogens is 208 g/mol. The first kappa shape index (κ1) is 16.7. The molecule has 2 atom stereocenters. The third kappa shape index (κ3) is 9.63. The molecule has 0 aromatic heterocycles. The highest BCUT2D eigenvalue weighted by Gasteiger charge is 2.10. The van der Waals surface area contributed by atoms with Gasteiger partial charge in [-0.3, -0.25) is 0 Å². The molecule has 0 aliphatic carbocycles. The van der Waals surface area contributed by atoms with Crippen LogP contribution in [0, 0.1) is 24.7 Å². The van der Waals surface area contributed by atoms with Crippen LogP contribution in [-0.4, -0.2) is 24.7 Å². The van der Waals surface area contributed by atoms with Crippen LogP contribution in [0.3, 0.4) is 0 Å². The molecule has 0 aliphatic rings. The SMILES string of the molecule is C#CCNC(C)CC(C#C)NC(C)C.Cl. The van der Waals surface area contributed by atoms with Crippen molar-refractivity contribution in [1.82, 2.24) is 10.6 Å². The first-order chi connectivity index (χ1) is 6.60. The van der Waals surface area contributed by atoms with Crippen molar-refractivity contribution in [2.45, 2.75) is 45.3 Å². The minimum Gasteiger partial charge on any atom is -0.304 e. The van der Waals surface area contributed by atoms with Gasteiger partial charge in [0, 0.05) is 12.1 Å². The van der Waals surface area contributed by atoms with E-state index in [0.29, 0.717) is 18.6 Å². The fraction of sp³-hybridized carbons (Fsp3) is 0.667. The van der Waals surface area contributed by atoms with Crippen LogP contribution in [0.5, 0.6) is 0 Å². The Morgan fingerprint density at radius 1 is 1.20 bits per heavy atom. The molecule has 0 radical (unpaired) electrons. The molecule has 0 bridgehead atoms. The molecule has 0 aliphatic heterocycles. The fourth-order valence-electron chi connectivity index (χ4n) is 1.26. The maximum absolute atomic E-state index is 5.42. The van der Waals surface area contributed by atoms with Gasteiger partial charge in [0.1, 0.15) is 0 Å². The number of nitrogens with one attached hydrogen (secondary N) is 2. The van der Waals surface area contributed by atoms with Crippen molar-refractivity contribution in [1.29, 1.82) is 0 Å². The standard InChI is InChI=1S/C12H20N2.ClH/c1-6-8-13-11(5)9-12(7-2)14-10(3)4;/h1-2,10-14H,8-9H2,3-5H3;1H. The lowest BCUT2D eigenvalue weighted by atomic mass is 10.1. The van der Waals surface area contributed by atoms with Crippen LogP contribution in [0.2, 0.25) is 0 Å². The number of hydrogen-bond acceptors (Lipinski definition) is 2. The number of rotatable bonds is 6. The average Bonchev–Trinajstić information content (AvgIpc) is 2.12. The van der Waals surface area contributed by atoms with Gasteiger partial charge in [0.2, 0.25) is 0 Å². The van der Waals surface area contributed by atoms with E-state index >= 15 is 0 Å². The van der Waals surface area contributed by atoms with Crippen molar-refractivity contribution in [3.05, 3.63) is 0 Å². The van der Waals surface area contributed by atoms with Gasteiger partial charge in [-0.25, -0.2) is 0 Å². The molecule has 0 aromatic rings. The predicted octanol–water partition coefficient (Wildman–Crippen LogP) is 1.41. The normalized spacial score (nSPS) is 13.5. The fourth-order valence-corrected chi connectivity index (χ4v) is 1.26. The molecule has 0 fully saturated rings. The molecule has 2 N–H and O–H groups in total. The monoisotopic (exact) mass is 228 g/mol. The quantitative estimate of drug-likeness (QED) is 0.672. The maximum atomic E-state index is 5.42. The smallest absolute Gasteiger partial charge is 0.0703 e. The number of terminal acetylenes is 2. The average molecular weight is 229 g/mol. The topological polar surface area (TPSA) is 24.1 Å². The van der Waals surface area contributed by atoms with E-state index in [9.17, 15) is 0 Å². The lowest BCUT2D eigenvalue weighted by Crippen LogP contribution is -2.39. The third-order valence-corrected chi connectivity index (χ3v) is 1.88. The molecular formula is C12H21ClN2. The van der Waals surface area contributed by atoms with Gasteiger partial charge in [0.05, 0.1) is 12.6 Å². The maximum Gasteiger partial charge on any atom is 0.0703 e. The third-order valence-electron chi connectivity index (χ3n) is 1.88. The molecule has 0 heterocycles. The van der Waals surface area contributed by atoms with E-state index in [4.69, 9.17) is 12.8 Å². The molecule has 86 valence electrons. The number of halogens is 1. The Kier molecular flexibility index (Phi) is 11.0. The van der Waals surface area contributed by atoms with Crippen molar-refractivity contribution in [3.63, 3.8) is 0 Å². The lowest BCUT2D eigenvalue weighted by Gasteiger charge is -2.20. The number of hydrogen-bond donors (Lipinski definition) is 2. The molecule has 0 amide bonds. The summed E-state index contributed by atoms with van der Waals surface area (Å²) in [5.74, 6) is 5.29. The summed E-state index contributed by atoms with van der Waals surface area (Å²) in [7, 11) is 0. The summed E-state index contributed by atoms with van der Waals surface area (Å²) in [5.41, 5.74) is 0. The first-order valence-corrected chi connectivity index (χ1v) is 4.99. The van der Waals surface area contributed by atoms with Crippen molar-refractivity contribution in [2.75, 3.05) is 6.54 Å². The van der Waals surface area contributed by atoms with Gasteiger partial charge in [0.15, 0.2) is 0 Å². The highest BCUT2D eigenvalue weighted by molar-refractivity contribution is 5.85. The van der Waals surface area contributed by atoms with Crippen molar-refractivity contribution in [3.8, 4) is 24.7 Å². The summed E-state index contributed by atoms with van der Waals surface area (Å²) in [5, 5.41) is 6.51. The summed E-state index contributed by atoms with van der Waals surface area (Å²) in [6, 6.07) is 0.879. The molecule has 15 heavy (non-hydrogen) atoms. The molecule has 0 rings (SSSR count). The molecule has 0 saturated heterocycles. The van der Waals surface area contributed by atoms with Crippen LogP contribution in [-0.2, 0) is 0 Å². The van der Waals surface area contributed by atoms with E-state index < -0.39 is 0 Å². The van der Waals surface area contributed by atoms with E-state index in [2.05, 4.69) is 43.2 Å². The zero-order valence-corrected chi connectivity index (χ0v) is 10.5. The van der Waals surface area contributed by atoms with Crippen molar-refractivity contribution >= 4 is 12.4 Å². The Morgan fingerprint density at radius 2 is 1.80 bits per heavy atom. The second-order valence-corrected chi connectivity index (χ2v) is 3.76. The lowest BCUT2D eigenvalue weighted by molar-refractivity contribution is 0.446. The van der Waals surface area contributed by atoms with Gasteiger partial charge in [0.25, 0.3) is 0 Å². The zero-order valence-electron chi connectivity index (χ0n) is 9.71. The van der Waals surface area contributed by atoms with Crippen LogP contribution >= 0.6 is 12.4 Å². The molecule has 0 aromatic carbocycles. The van der Waals surface area contributed by atoms with Gasteiger partial charge in [-0.1, -0.05) is 11.8 Å². The van der Waals surface area contributed by atoms with E-state index in [0.717, 1.165) is 6.42 Å². The van der Waals surface area contributed by atoms with Crippen LogP contribution in [0.25, 0.3) is 0 Å². The predicted molar refractivity (Wildman–Crippen MR) is 69.1 cm³/mol. The van der Waals surface area contributed by atoms with Crippen molar-refractivity contribution in [2.24, 2.45) is 0 Å². The molecule has 2 unspecified atom stereocenters. The minimum absolute atomic E-state index is 0. The van der Waals surface area contributed by atoms with E-state index in [1.165, 1.54) is 0 Å². The van der Waals surface area contributed by atoms with Gasteiger partial charge in [-0.15, -0.1) is 25.3 Å². The Bertz CT molecular complexity index is 225. The Balaban J connectivity index is 0. The second kappa shape index (κ2) is 9.87. The molecule has 3 heteroatoms. The van der Waals surface area contributed by atoms with Gasteiger partial charge in [-0.05, 0) is 27.2 Å². The highest BCUT2D eigenvalue weighted by atomic mass is 35.5. The van der Waals surface area contributed by atoms with Gasteiger partial charge in [-0.2, -0.15) is 0 Å². The van der Waals surface area contributed by atoms with Crippen molar-refractivity contribution < 1.29 is 0 Å². The summed E-state index contributed by atoms with van der Waals surface area (Å²) in [4.78, 5) is 0. The van der Waals surface area contributed by atoms with Crippen LogP contribution in [0.1, 0.15) is 27.2 Å². The van der Waals surface area contributed by atoms with Crippen LogP contribution in [0.4, 0.5) is 0 Å². The summed E-state index contributed by atoms with van der Waals surface area (Å²) in [6.07, 6.45) is 11.5. The zero-order chi connectivity index (χ0) is 11.0. The van der Waals surface area contributed by atoms with Gasteiger partial charge >= 0.3 is 0 Å². The minimum atomic E-state index is 0. The largest absolute Gasteiger partial charge is 0.304 e.